The summed E-state index contributed by atoms with van der Waals surface area (Å²) in [7, 11) is 1.57. The smallest absolute Gasteiger partial charge is 0.410 e. The molecule has 136 valence electrons. The number of aromatic nitrogens is 1. The van der Waals surface area contributed by atoms with E-state index in [2.05, 4.69) is 15.2 Å². The number of rotatable bonds is 1. The molecule has 3 heterocycles. The molecule has 1 fully saturated rings. The predicted molar refractivity (Wildman–Crippen MR) is 92.1 cm³/mol. The van der Waals surface area contributed by atoms with Gasteiger partial charge in [-0.15, -0.1) is 0 Å². The third-order valence-electron chi connectivity index (χ3n) is 4.16. The number of anilines is 1. The van der Waals surface area contributed by atoms with Crippen LogP contribution in [0.4, 0.5) is 10.5 Å². The van der Waals surface area contributed by atoms with Crippen molar-refractivity contribution >= 4 is 17.7 Å². The number of ether oxygens (including phenoxy) is 2. The highest BCUT2D eigenvalue weighted by Crippen LogP contribution is 2.34. The van der Waals surface area contributed by atoms with Crippen molar-refractivity contribution in [2.45, 2.75) is 32.4 Å². The predicted octanol–water partition coefficient (Wildman–Crippen LogP) is 1.26. The average Bonchev–Trinajstić information content (AvgIpc) is 2.58. The highest BCUT2D eigenvalue weighted by atomic mass is 16.6. The molecule has 0 aliphatic carbocycles. The Balaban J connectivity index is 1.72. The summed E-state index contributed by atoms with van der Waals surface area (Å²) in [5, 5.41) is 2.55. The summed E-state index contributed by atoms with van der Waals surface area (Å²) in [4.78, 5) is 32.2. The van der Waals surface area contributed by atoms with E-state index in [0.717, 1.165) is 5.69 Å². The Morgan fingerprint density at radius 2 is 2.08 bits per heavy atom. The summed E-state index contributed by atoms with van der Waals surface area (Å²) in [6.45, 7) is 7.76. The Morgan fingerprint density at radius 3 is 2.76 bits per heavy atom. The molecule has 1 saturated heterocycles. The number of nitrogens with one attached hydrogen (secondary N) is 1. The molecule has 1 atom stereocenters. The topological polar surface area (TPSA) is 84.0 Å². The zero-order valence-electron chi connectivity index (χ0n) is 15.0. The van der Waals surface area contributed by atoms with Crippen molar-refractivity contribution in [3.8, 4) is 5.88 Å². The van der Waals surface area contributed by atoms with Gasteiger partial charge in [0.25, 0.3) is 5.91 Å². The molecule has 3 rings (SSSR count). The standard InChI is InChI=1S/C17H24N4O4/c1-17(2,3)25-16(23)20-7-8-21-11(9-20)10-24-15-13(21)6-5-12(19-15)14(22)18-4/h5-6,11H,7-10H2,1-4H3,(H,18,22). The van der Waals surface area contributed by atoms with Crippen molar-refractivity contribution in [2.24, 2.45) is 0 Å². The maximum Gasteiger partial charge on any atom is 0.410 e. The van der Waals surface area contributed by atoms with Crippen LogP contribution in [-0.4, -0.2) is 66.8 Å². The molecule has 2 aliphatic heterocycles. The molecule has 8 nitrogen and oxygen atoms in total. The van der Waals surface area contributed by atoms with Gasteiger partial charge in [0, 0.05) is 26.7 Å². The lowest BCUT2D eigenvalue weighted by atomic mass is 10.1. The maximum absolute atomic E-state index is 12.3. The fourth-order valence-electron chi connectivity index (χ4n) is 2.99. The third kappa shape index (κ3) is 3.62. The van der Waals surface area contributed by atoms with Crippen LogP contribution in [0.15, 0.2) is 12.1 Å². The monoisotopic (exact) mass is 348 g/mol. The molecule has 8 heteroatoms. The molecule has 2 amide bonds. The van der Waals surface area contributed by atoms with E-state index in [9.17, 15) is 9.59 Å². The molecule has 1 aromatic rings. The largest absolute Gasteiger partial charge is 0.474 e. The van der Waals surface area contributed by atoms with E-state index in [4.69, 9.17) is 9.47 Å². The van der Waals surface area contributed by atoms with Crippen LogP contribution in [0.25, 0.3) is 0 Å². The molecule has 0 aromatic carbocycles. The highest BCUT2D eigenvalue weighted by Gasteiger charge is 2.36. The number of nitrogens with zero attached hydrogens (tertiary/aromatic N) is 3. The number of hydrogen-bond donors (Lipinski definition) is 1. The Bertz CT molecular complexity index is 686. The van der Waals surface area contributed by atoms with E-state index in [1.807, 2.05) is 26.8 Å². The van der Waals surface area contributed by atoms with Crippen molar-refractivity contribution in [2.75, 3.05) is 38.2 Å². The van der Waals surface area contributed by atoms with Gasteiger partial charge in [0.1, 0.15) is 23.6 Å². The summed E-state index contributed by atoms with van der Waals surface area (Å²) >= 11 is 0. The Hall–Kier alpha value is -2.51. The minimum Gasteiger partial charge on any atom is -0.474 e. The second-order valence-corrected chi connectivity index (χ2v) is 7.18. The minimum absolute atomic E-state index is 0.0430. The second kappa shape index (κ2) is 6.42. The summed E-state index contributed by atoms with van der Waals surface area (Å²) in [5.41, 5.74) is 0.671. The molecule has 1 unspecified atom stereocenters. The van der Waals surface area contributed by atoms with Gasteiger partial charge in [-0.05, 0) is 32.9 Å². The van der Waals surface area contributed by atoms with E-state index in [0.29, 0.717) is 37.8 Å². The van der Waals surface area contributed by atoms with Crippen molar-refractivity contribution in [1.82, 2.24) is 15.2 Å². The molecule has 2 aliphatic rings. The van der Waals surface area contributed by atoms with E-state index < -0.39 is 5.60 Å². The van der Waals surface area contributed by atoms with Crippen LogP contribution in [0, 0.1) is 0 Å². The third-order valence-corrected chi connectivity index (χ3v) is 4.16. The molecule has 1 N–H and O–H groups in total. The van der Waals surface area contributed by atoms with Gasteiger partial charge in [0.05, 0.1) is 6.04 Å². The first-order chi connectivity index (χ1) is 11.8. The Labute approximate surface area is 147 Å². The normalized spacial score (nSPS) is 19.4. The van der Waals surface area contributed by atoms with Crippen molar-refractivity contribution in [3.05, 3.63) is 17.8 Å². The maximum atomic E-state index is 12.3. The molecule has 0 radical (unpaired) electrons. The van der Waals surface area contributed by atoms with Gasteiger partial charge < -0.3 is 24.6 Å². The van der Waals surface area contributed by atoms with Crippen molar-refractivity contribution in [1.29, 1.82) is 0 Å². The van der Waals surface area contributed by atoms with Gasteiger partial charge in [-0.25, -0.2) is 9.78 Å². The second-order valence-electron chi connectivity index (χ2n) is 7.18. The molecular formula is C17H24N4O4. The van der Waals surface area contributed by atoms with Crippen LogP contribution >= 0.6 is 0 Å². The molecule has 0 spiro atoms. The number of fused-ring (bicyclic) bond motifs is 3. The number of piperazine rings is 1. The van der Waals surface area contributed by atoms with Crippen LogP contribution in [0.5, 0.6) is 5.88 Å². The zero-order valence-corrected chi connectivity index (χ0v) is 15.0. The zero-order chi connectivity index (χ0) is 18.2. The molecule has 25 heavy (non-hydrogen) atoms. The van der Waals surface area contributed by atoms with Crippen LogP contribution in [0.1, 0.15) is 31.3 Å². The number of carbonyl (C=O) groups excluding carboxylic acids is 2. The minimum atomic E-state index is -0.510. The van der Waals surface area contributed by atoms with E-state index in [1.165, 1.54) is 0 Å². The number of hydrogen-bond acceptors (Lipinski definition) is 6. The molecule has 0 bridgehead atoms. The lowest BCUT2D eigenvalue weighted by Crippen LogP contribution is -2.59. The Kier molecular flexibility index (Phi) is 4.45. The number of amides is 2. The number of carbonyl (C=O) groups is 2. The SMILES string of the molecule is CNC(=O)c1ccc2c(n1)OCC1CN(C(=O)OC(C)(C)C)CCN21. The summed E-state index contributed by atoms with van der Waals surface area (Å²) in [6, 6.07) is 3.58. The van der Waals surface area contributed by atoms with Gasteiger partial charge in [0.2, 0.25) is 5.88 Å². The quantitative estimate of drug-likeness (QED) is 0.823. The fraction of sp³-hybridized carbons (Fsp3) is 0.588. The number of pyridine rings is 1. The average molecular weight is 348 g/mol. The summed E-state index contributed by atoms with van der Waals surface area (Å²) < 4.78 is 11.2. The van der Waals surface area contributed by atoms with Gasteiger partial charge in [0.15, 0.2) is 0 Å². The fourth-order valence-corrected chi connectivity index (χ4v) is 2.99. The van der Waals surface area contributed by atoms with Crippen molar-refractivity contribution in [3.63, 3.8) is 0 Å². The lowest BCUT2D eigenvalue weighted by Gasteiger charge is -2.45. The summed E-state index contributed by atoms with van der Waals surface area (Å²) in [6.07, 6.45) is -0.300. The van der Waals surface area contributed by atoms with E-state index in [-0.39, 0.29) is 18.0 Å². The van der Waals surface area contributed by atoms with E-state index in [1.54, 1.807) is 18.0 Å². The van der Waals surface area contributed by atoms with Gasteiger partial charge in [-0.1, -0.05) is 0 Å². The first-order valence-electron chi connectivity index (χ1n) is 8.39. The van der Waals surface area contributed by atoms with Crippen LogP contribution in [0.2, 0.25) is 0 Å². The molecular weight excluding hydrogens is 324 g/mol. The van der Waals surface area contributed by atoms with Crippen LogP contribution in [0.3, 0.4) is 0 Å². The lowest BCUT2D eigenvalue weighted by molar-refractivity contribution is 0.0193. The van der Waals surface area contributed by atoms with Crippen LogP contribution in [-0.2, 0) is 4.74 Å². The first kappa shape index (κ1) is 17.3. The van der Waals surface area contributed by atoms with Gasteiger partial charge >= 0.3 is 6.09 Å². The van der Waals surface area contributed by atoms with Gasteiger partial charge in [-0.2, -0.15) is 0 Å². The molecule has 1 aromatic heterocycles. The summed E-state index contributed by atoms with van der Waals surface area (Å²) in [5.74, 6) is 0.214. The van der Waals surface area contributed by atoms with E-state index >= 15 is 0 Å². The van der Waals surface area contributed by atoms with Crippen molar-refractivity contribution < 1.29 is 19.1 Å². The highest BCUT2D eigenvalue weighted by molar-refractivity contribution is 5.92. The van der Waals surface area contributed by atoms with Crippen LogP contribution < -0.4 is 15.0 Å². The van der Waals surface area contributed by atoms with Gasteiger partial charge in [-0.3, -0.25) is 4.79 Å². The molecule has 0 saturated carbocycles. The Morgan fingerprint density at radius 1 is 1.32 bits per heavy atom. The first-order valence-corrected chi connectivity index (χ1v) is 8.39.